The Morgan fingerprint density at radius 1 is 1.40 bits per heavy atom. The van der Waals surface area contributed by atoms with Gasteiger partial charge in [-0.2, -0.15) is 5.10 Å². The highest BCUT2D eigenvalue weighted by Gasteiger charge is 2.59. The maximum Gasteiger partial charge on any atom is 0.194 e. The van der Waals surface area contributed by atoms with Gasteiger partial charge >= 0.3 is 0 Å². The number of fused-ring (bicyclic) bond motifs is 1. The molecule has 1 aliphatic carbocycles. The van der Waals surface area contributed by atoms with Gasteiger partial charge in [0.1, 0.15) is 12.2 Å². The van der Waals surface area contributed by atoms with Crippen LogP contribution in [0.2, 0.25) is 0 Å². The van der Waals surface area contributed by atoms with Crippen LogP contribution in [0.5, 0.6) is 0 Å². The Morgan fingerprint density at radius 2 is 2.20 bits per heavy atom. The molecule has 3 fully saturated rings. The van der Waals surface area contributed by atoms with Crippen molar-refractivity contribution in [2.24, 2.45) is 16.3 Å². The first-order chi connectivity index (χ1) is 12.1. The molecule has 2 N–H and O–H groups in total. The molecule has 0 radical (unpaired) electrons. The maximum absolute atomic E-state index is 5.93. The molecule has 0 amide bonds. The Kier molecular flexibility index (Phi) is 4.43. The van der Waals surface area contributed by atoms with E-state index in [4.69, 9.17) is 9.73 Å². The van der Waals surface area contributed by atoms with Crippen LogP contribution in [0, 0.1) is 11.3 Å². The third kappa shape index (κ3) is 2.92. The van der Waals surface area contributed by atoms with Gasteiger partial charge in [-0.05, 0) is 26.2 Å². The van der Waals surface area contributed by atoms with Gasteiger partial charge in [0.15, 0.2) is 5.96 Å². The normalized spacial score (nSPS) is 32.4. The Balaban J connectivity index is 1.40. The fraction of sp³-hybridized carbons (Fsp3) is 0.833. The van der Waals surface area contributed by atoms with Crippen LogP contribution in [0.3, 0.4) is 0 Å². The maximum atomic E-state index is 5.93. The first kappa shape index (κ1) is 16.8. The number of aromatic nitrogens is 3. The average Bonchev–Trinajstić information content (AvgIpc) is 3.29. The molecule has 3 atom stereocenters. The van der Waals surface area contributed by atoms with Gasteiger partial charge in [-0.3, -0.25) is 10.1 Å². The number of nitrogens with zero attached hydrogens (tertiary/aromatic N) is 4. The van der Waals surface area contributed by atoms with Crippen molar-refractivity contribution in [1.82, 2.24) is 25.4 Å². The average molecular weight is 346 g/mol. The molecule has 7 heteroatoms. The summed E-state index contributed by atoms with van der Waals surface area (Å²) in [5.41, 5.74) is 0.174. The van der Waals surface area contributed by atoms with Crippen LogP contribution in [0.1, 0.15) is 51.8 Å². The third-order valence-electron chi connectivity index (χ3n) is 6.31. The highest BCUT2D eigenvalue weighted by Crippen LogP contribution is 2.52. The van der Waals surface area contributed by atoms with Crippen molar-refractivity contribution in [2.75, 3.05) is 26.2 Å². The van der Waals surface area contributed by atoms with Crippen molar-refractivity contribution < 1.29 is 4.74 Å². The van der Waals surface area contributed by atoms with Gasteiger partial charge < -0.3 is 15.0 Å². The Bertz CT molecular complexity index is 605. The van der Waals surface area contributed by atoms with E-state index in [1.807, 2.05) is 0 Å². The fourth-order valence-corrected chi connectivity index (χ4v) is 4.92. The molecule has 3 heterocycles. The molecule has 4 rings (SSSR count). The molecule has 2 aliphatic heterocycles. The van der Waals surface area contributed by atoms with Gasteiger partial charge in [0, 0.05) is 49.5 Å². The van der Waals surface area contributed by atoms with E-state index in [0.29, 0.717) is 24.0 Å². The fourth-order valence-electron chi connectivity index (χ4n) is 4.92. The summed E-state index contributed by atoms with van der Waals surface area (Å²) < 4.78 is 5.93. The number of piperidine rings is 1. The molecule has 0 spiro atoms. The standard InChI is InChI=1S/C18H30N6O/c1-4-19-17(22-14-13-7-10-25-15(13)18(14,2)3)24-8-5-12(6-9-24)16-20-11-21-23-16/h11-15H,4-10H2,1-3H3,(H,19,22)(H,20,21,23). The molecule has 0 bridgehead atoms. The van der Waals surface area contributed by atoms with Crippen LogP contribution in [0.25, 0.3) is 0 Å². The minimum atomic E-state index is 0.174. The number of ether oxygens (including phenoxy) is 1. The first-order valence-electron chi connectivity index (χ1n) is 9.64. The monoisotopic (exact) mass is 346 g/mol. The number of hydrogen-bond donors (Lipinski definition) is 2. The summed E-state index contributed by atoms with van der Waals surface area (Å²) in [5.74, 6) is 3.20. The second-order valence-corrected chi connectivity index (χ2v) is 8.12. The minimum absolute atomic E-state index is 0.174. The second-order valence-electron chi connectivity index (χ2n) is 8.12. The molecule has 2 saturated heterocycles. The lowest BCUT2D eigenvalue weighted by molar-refractivity contribution is -0.107. The predicted octanol–water partition coefficient (Wildman–Crippen LogP) is 1.76. The number of rotatable bonds is 3. The number of H-pyrrole nitrogens is 1. The summed E-state index contributed by atoms with van der Waals surface area (Å²) in [6.07, 6.45) is 5.35. The van der Waals surface area contributed by atoms with E-state index in [1.54, 1.807) is 6.33 Å². The minimum Gasteiger partial charge on any atom is -0.377 e. The molecule has 1 saturated carbocycles. The molecular weight excluding hydrogens is 316 g/mol. The molecule has 0 aromatic carbocycles. The largest absolute Gasteiger partial charge is 0.377 e. The molecule has 7 nitrogen and oxygen atoms in total. The summed E-state index contributed by atoms with van der Waals surface area (Å²) >= 11 is 0. The van der Waals surface area contributed by atoms with Crippen molar-refractivity contribution >= 4 is 5.96 Å². The van der Waals surface area contributed by atoms with Gasteiger partial charge in [-0.25, -0.2) is 4.98 Å². The van der Waals surface area contributed by atoms with Gasteiger partial charge in [0.05, 0.1) is 6.10 Å². The summed E-state index contributed by atoms with van der Waals surface area (Å²) in [5, 5.41) is 10.8. The zero-order chi connectivity index (χ0) is 17.4. The van der Waals surface area contributed by atoms with Gasteiger partial charge in [0.2, 0.25) is 0 Å². The van der Waals surface area contributed by atoms with E-state index >= 15 is 0 Å². The van der Waals surface area contributed by atoms with Crippen LogP contribution in [0.15, 0.2) is 11.3 Å². The van der Waals surface area contributed by atoms with Crippen molar-refractivity contribution in [3.05, 3.63) is 12.2 Å². The number of guanidine groups is 1. The highest BCUT2D eigenvalue weighted by molar-refractivity contribution is 5.80. The lowest BCUT2D eigenvalue weighted by Crippen LogP contribution is -2.68. The lowest BCUT2D eigenvalue weighted by atomic mass is 9.57. The van der Waals surface area contributed by atoms with Gasteiger partial charge in [0.25, 0.3) is 0 Å². The third-order valence-corrected chi connectivity index (χ3v) is 6.31. The van der Waals surface area contributed by atoms with E-state index in [2.05, 4.69) is 46.2 Å². The molecule has 3 aliphatic rings. The summed E-state index contributed by atoms with van der Waals surface area (Å²) in [6.45, 7) is 10.5. The van der Waals surface area contributed by atoms with Gasteiger partial charge in [-0.15, -0.1) is 0 Å². The van der Waals surface area contributed by atoms with Crippen LogP contribution in [0.4, 0.5) is 0 Å². The summed E-state index contributed by atoms with van der Waals surface area (Å²) in [6, 6.07) is 0.456. The molecule has 138 valence electrons. The van der Waals surface area contributed by atoms with E-state index in [9.17, 15) is 0 Å². The van der Waals surface area contributed by atoms with Crippen LogP contribution in [-0.2, 0) is 4.74 Å². The van der Waals surface area contributed by atoms with Crippen molar-refractivity contribution in [3.63, 3.8) is 0 Å². The van der Waals surface area contributed by atoms with E-state index in [1.165, 1.54) is 6.42 Å². The topological polar surface area (TPSA) is 78.4 Å². The van der Waals surface area contributed by atoms with Crippen molar-refractivity contribution in [3.8, 4) is 0 Å². The zero-order valence-corrected chi connectivity index (χ0v) is 15.5. The summed E-state index contributed by atoms with van der Waals surface area (Å²) in [4.78, 5) is 11.5. The van der Waals surface area contributed by atoms with E-state index in [-0.39, 0.29) is 5.41 Å². The number of aromatic amines is 1. The van der Waals surface area contributed by atoms with Crippen LogP contribution >= 0.6 is 0 Å². The highest BCUT2D eigenvalue weighted by atomic mass is 16.5. The lowest BCUT2D eigenvalue weighted by Gasteiger charge is -2.55. The Hall–Kier alpha value is -1.63. The van der Waals surface area contributed by atoms with Gasteiger partial charge in [-0.1, -0.05) is 13.8 Å². The molecular formula is C18H30N6O. The molecule has 25 heavy (non-hydrogen) atoms. The number of nitrogens with one attached hydrogen (secondary N) is 2. The number of aliphatic imine (C=N–C) groups is 1. The number of likely N-dealkylation sites (tertiary alicyclic amines) is 1. The van der Waals surface area contributed by atoms with Crippen LogP contribution < -0.4 is 5.32 Å². The number of hydrogen-bond acceptors (Lipinski definition) is 4. The zero-order valence-electron chi connectivity index (χ0n) is 15.5. The molecule has 1 aromatic heterocycles. The smallest absolute Gasteiger partial charge is 0.194 e. The van der Waals surface area contributed by atoms with Crippen LogP contribution in [-0.4, -0.2) is 64.4 Å². The summed E-state index contributed by atoms with van der Waals surface area (Å²) in [7, 11) is 0. The van der Waals surface area contributed by atoms with Crippen molar-refractivity contribution in [2.45, 2.75) is 58.1 Å². The SMILES string of the molecule is CCN=C(NC1C2CCOC2C1(C)C)N1CCC(c2ncn[nH]2)CC1. The predicted molar refractivity (Wildman–Crippen MR) is 96.5 cm³/mol. The Morgan fingerprint density at radius 3 is 2.88 bits per heavy atom. The van der Waals surface area contributed by atoms with Crippen molar-refractivity contribution in [1.29, 1.82) is 0 Å². The second kappa shape index (κ2) is 6.59. The van der Waals surface area contributed by atoms with E-state index in [0.717, 1.165) is 50.9 Å². The first-order valence-corrected chi connectivity index (χ1v) is 9.64. The molecule has 1 aromatic rings. The molecule has 3 unspecified atom stereocenters. The van der Waals surface area contributed by atoms with E-state index < -0.39 is 0 Å². The quantitative estimate of drug-likeness (QED) is 0.644. The Labute approximate surface area is 149 Å².